The van der Waals surface area contributed by atoms with Crippen LogP contribution in [0.4, 0.5) is 5.95 Å². The van der Waals surface area contributed by atoms with Gasteiger partial charge in [-0.3, -0.25) is 9.09 Å². The molecule has 0 aliphatic carbocycles. The lowest BCUT2D eigenvalue weighted by atomic mass is 9.90. The molecule has 1 fully saturated rings. The molecule has 18 nitrogen and oxygen atoms in total. The number of aromatic amines is 1. The Morgan fingerprint density at radius 1 is 1.31 bits per heavy atom. The molecule has 0 aromatic carbocycles. The highest BCUT2D eigenvalue weighted by Gasteiger charge is 2.57. The van der Waals surface area contributed by atoms with Gasteiger partial charge in [0.2, 0.25) is 0 Å². The molecule has 7 atom stereocenters. The first-order valence-corrected chi connectivity index (χ1v) is 14.5. The minimum atomic E-state index is -5.78. The summed E-state index contributed by atoms with van der Waals surface area (Å²) in [6.07, 6.45) is -5.16. The zero-order valence-corrected chi connectivity index (χ0v) is 21.9. The van der Waals surface area contributed by atoms with E-state index in [2.05, 4.69) is 29.5 Å². The largest absolute Gasteiger partial charge is 0.490 e. The average Bonchev–Trinajstić information content (AvgIpc) is 3.18. The van der Waals surface area contributed by atoms with Crippen LogP contribution in [0.25, 0.3) is 11.2 Å². The van der Waals surface area contributed by atoms with E-state index in [-0.39, 0.29) is 21.8 Å². The van der Waals surface area contributed by atoms with E-state index in [4.69, 9.17) is 54.3 Å². The molecule has 0 amide bonds. The zero-order valence-electron chi connectivity index (χ0n) is 17.6. The number of fused-ring (bicyclic) bond motifs is 1. The Hall–Kier alpha value is -1.29. The summed E-state index contributed by atoms with van der Waals surface area (Å²) in [6.45, 7) is 1.09. The lowest BCUT2D eigenvalue weighted by Crippen LogP contribution is -2.54. The van der Waals surface area contributed by atoms with Crippen molar-refractivity contribution in [3.8, 4) is 11.3 Å². The first-order chi connectivity index (χ1) is 16.4. The molecule has 2 aromatic rings. The van der Waals surface area contributed by atoms with Gasteiger partial charge in [0.1, 0.15) is 23.4 Å². The van der Waals surface area contributed by atoms with Crippen molar-refractivity contribution in [2.24, 2.45) is 5.73 Å². The number of nitrogen functional groups attached to an aromatic ring is 1. The van der Waals surface area contributed by atoms with Crippen LogP contribution in [0.2, 0.25) is 0 Å². The number of imidazole rings is 1. The van der Waals surface area contributed by atoms with E-state index in [1.54, 1.807) is 0 Å². The van der Waals surface area contributed by atoms with Crippen LogP contribution in [0, 0.1) is 15.9 Å². The van der Waals surface area contributed by atoms with Crippen LogP contribution in [-0.2, 0) is 31.6 Å². The highest BCUT2D eigenvalue weighted by Crippen LogP contribution is 2.66. The molecular weight excluding hydrogens is 593 g/mol. The van der Waals surface area contributed by atoms with Crippen molar-refractivity contribution in [1.82, 2.24) is 19.5 Å². The van der Waals surface area contributed by atoms with Gasteiger partial charge in [-0.1, -0.05) is 18.1 Å². The van der Waals surface area contributed by atoms with Gasteiger partial charge in [-0.15, -0.1) is 0 Å². The number of ether oxygens (including phenoxy) is 1. The molecule has 1 aliphatic rings. The highest BCUT2D eigenvalue weighted by molar-refractivity contribution is 7.71. The molecule has 0 spiro atoms. The number of nitrogens with two attached hydrogens (primary N) is 2. The van der Waals surface area contributed by atoms with Gasteiger partial charge in [0.05, 0.1) is 12.4 Å². The van der Waals surface area contributed by atoms with E-state index in [0.717, 1.165) is 6.92 Å². The van der Waals surface area contributed by atoms with Gasteiger partial charge in [0.25, 0.3) is 0 Å². The SMILES string of the molecule is C[C@@H](OP(=O)(O)OP(=O)(O)OP(=O)(O)O)[C@H]1O[C@@H](n2cnc3c(=S)nc(N)[nH]c32)C(N)(C#CCl)[C@H]1O. The van der Waals surface area contributed by atoms with E-state index < -0.39 is 53.5 Å². The topological polar surface area (TPSA) is 288 Å². The fraction of sp³-hybridized carbons (Fsp3) is 0.462. The van der Waals surface area contributed by atoms with Crippen LogP contribution in [0.5, 0.6) is 0 Å². The summed E-state index contributed by atoms with van der Waals surface area (Å²) in [7, 11) is -16.9. The second-order valence-electron chi connectivity index (χ2n) is 7.23. The summed E-state index contributed by atoms with van der Waals surface area (Å²) >= 11 is 10.6. The number of phosphoric ester groups is 1. The summed E-state index contributed by atoms with van der Waals surface area (Å²) in [6, 6.07) is 0. The van der Waals surface area contributed by atoms with Gasteiger partial charge in [-0.2, -0.15) is 8.62 Å². The maximum absolute atomic E-state index is 12.2. The third-order valence-electron chi connectivity index (χ3n) is 4.65. The first-order valence-electron chi connectivity index (χ1n) is 9.19. The zero-order chi connectivity index (χ0) is 27.3. The molecule has 3 unspecified atom stereocenters. The van der Waals surface area contributed by atoms with Crippen LogP contribution in [0.15, 0.2) is 6.33 Å². The molecule has 3 rings (SSSR count). The molecule has 10 N–H and O–H groups in total. The number of halogens is 1. The van der Waals surface area contributed by atoms with Crippen LogP contribution in [0.1, 0.15) is 13.2 Å². The number of hydrogen-bond acceptors (Lipinski definition) is 13. The average molecular weight is 611 g/mol. The molecule has 1 aliphatic heterocycles. The third-order valence-corrected chi connectivity index (χ3v) is 8.96. The normalized spacial score (nSPS) is 28.7. The Kier molecular flexibility index (Phi) is 8.22. The Balaban J connectivity index is 1.92. The van der Waals surface area contributed by atoms with Crippen LogP contribution in [0.3, 0.4) is 0 Å². The second kappa shape index (κ2) is 10.1. The van der Waals surface area contributed by atoms with Gasteiger partial charge in [0.15, 0.2) is 22.4 Å². The smallest absolute Gasteiger partial charge is 0.387 e. The maximum Gasteiger partial charge on any atom is 0.490 e. The fourth-order valence-electron chi connectivity index (χ4n) is 3.33. The number of anilines is 1. The summed E-state index contributed by atoms with van der Waals surface area (Å²) in [5, 5.41) is 12.9. The van der Waals surface area contributed by atoms with Crippen molar-refractivity contribution >= 4 is 64.4 Å². The van der Waals surface area contributed by atoms with Crippen molar-refractivity contribution in [2.75, 3.05) is 5.73 Å². The van der Waals surface area contributed by atoms with Crippen molar-refractivity contribution in [3.63, 3.8) is 0 Å². The molecule has 1 saturated heterocycles. The monoisotopic (exact) mass is 610 g/mol. The summed E-state index contributed by atoms with van der Waals surface area (Å²) in [5.41, 5.74) is 10.3. The van der Waals surface area contributed by atoms with Gasteiger partial charge in [-0.25, -0.2) is 23.7 Å². The molecular formula is C13H18ClN6O12P3S. The quantitative estimate of drug-likeness (QED) is 0.110. The van der Waals surface area contributed by atoms with Gasteiger partial charge >= 0.3 is 23.5 Å². The molecule has 0 saturated carbocycles. The highest BCUT2D eigenvalue weighted by atomic mass is 35.5. The molecule has 200 valence electrons. The van der Waals surface area contributed by atoms with E-state index >= 15 is 0 Å². The summed E-state index contributed by atoms with van der Waals surface area (Å²) in [4.78, 5) is 47.0. The molecule has 3 heterocycles. The van der Waals surface area contributed by atoms with Gasteiger partial charge < -0.3 is 45.9 Å². The van der Waals surface area contributed by atoms with Crippen LogP contribution >= 0.6 is 47.3 Å². The minimum absolute atomic E-state index is 0.0298. The Morgan fingerprint density at radius 2 is 1.94 bits per heavy atom. The Bertz CT molecular complexity index is 1440. The fourth-order valence-corrected chi connectivity index (χ4v) is 6.95. The van der Waals surface area contributed by atoms with Gasteiger partial charge in [0, 0.05) is 5.38 Å². The predicted octanol–water partition coefficient (Wildman–Crippen LogP) is -0.0416. The number of nitrogens with one attached hydrogen (secondary N) is 1. The number of aromatic nitrogens is 4. The minimum Gasteiger partial charge on any atom is -0.387 e. The lowest BCUT2D eigenvalue weighted by Gasteiger charge is -2.28. The third kappa shape index (κ3) is 6.22. The summed E-state index contributed by atoms with van der Waals surface area (Å²) in [5.74, 6) is 2.30. The van der Waals surface area contributed by atoms with E-state index in [1.165, 1.54) is 10.9 Å². The number of hydrogen-bond donors (Lipinski definition) is 8. The number of rotatable bonds is 8. The van der Waals surface area contributed by atoms with Crippen molar-refractivity contribution < 1.29 is 56.3 Å². The number of aliphatic hydroxyl groups excluding tert-OH is 1. The summed E-state index contributed by atoms with van der Waals surface area (Å²) < 4.78 is 53.7. The standard InChI is InChI=1S/C13H18ClN6O12P3S/c1-5(30-34(25,26)32-35(27,28)31-33(22,23)24)7-8(21)13(16,2-3-14)11(29-7)20-4-17-6-9(20)18-12(15)19-10(6)36/h4-5,7-8,11,21H,16H2,1H3,(H,25,26)(H,27,28)(H2,22,23,24)(H3,15,18,19,36)/t5-,7-,8+,11-,13?/m1/s1. The Labute approximate surface area is 211 Å². The van der Waals surface area contributed by atoms with Crippen molar-refractivity contribution in [3.05, 3.63) is 11.0 Å². The van der Waals surface area contributed by atoms with Crippen LogP contribution < -0.4 is 11.5 Å². The maximum atomic E-state index is 12.2. The predicted molar refractivity (Wildman–Crippen MR) is 122 cm³/mol. The number of phosphoric acid groups is 3. The van der Waals surface area contributed by atoms with Crippen LogP contribution in [-0.4, -0.2) is 68.1 Å². The first kappa shape index (κ1) is 29.3. The second-order valence-corrected chi connectivity index (χ2v) is 12.2. The molecule has 36 heavy (non-hydrogen) atoms. The lowest BCUT2D eigenvalue weighted by molar-refractivity contribution is -0.0733. The van der Waals surface area contributed by atoms with Crippen molar-refractivity contribution in [2.45, 2.75) is 37.0 Å². The number of nitrogens with zero attached hydrogens (tertiary/aromatic N) is 3. The number of aliphatic hydroxyl groups is 1. The van der Waals surface area contributed by atoms with Gasteiger partial charge in [-0.05, 0) is 18.5 Å². The molecule has 0 radical (unpaired) electrons. The Morgan fingerprint density at radius 3 is 2.53 bits per heavy atom. The molecule has 23 heteroatoms. The van der Waals surface area contributed by atoms with E-state index in [0.29, 0.717) is 0 Å². The van der Waals surface area contributed by atoms with E-state index in [9.17, 15) is 28.6 Å². The number of H-pyrrole nitrogens is 1. The van der Waals surface area contributed by atoms with E-state index in [1.807, 2.05) is 5.38 Å². The van der Waals surface area contributed by atoms with Crippen molar-refractivity contribution in [1.29, 1.82) is 0 Å². The molecule has 0 bridgehead atoms. The molecule has 2 aromatic heterocycles.